The lowest BCUT2D eigenvalue weighted by atomic mass is 10.2. The molecule has 0 saturated carbocycles. The van der Waals surface area contributed by atoms with Gasteiger partial charge in [-0.25, -0.2) is 0 Å². The topological polar surface area (TPSA) is 9.23 Å². The predicted octanol–water partition coefficient (Wildman–Crippen LogP) is 3.94. The van der Waals surface area contributed by atoms with E-state index in [9.17, 15) is 0 Å². The van der Waals surface area contributed by atoms with Gasteiger partial charge in [0.15, 0.2) is 0 Å². The quantitative estimate of drug-likeness (QED) is 0.389. The molecule has 0 atom stereocenters. The molecule has 0 unspecified atom stereocenters. The zero-order valence-electron chi connectivity index (χ0n) is 9.22. The number of unbranched alkanes of at least 4 members (excludes halogenated alkanes) is 3. The summed E-state index contributed by atoms with van der Waals surface area (Å²) in [5.74, 6) is 0. The minimum atomic E-state index is 0.928. The summed E-state index contributed by atoms with van der Waals surface area (Å²) in [6.07, 6.45) is 11.8. The predicted molar refractivity (Wildman–Crippen MR) is 59.0 cm³/mol. The van der Waals surface area contributed by atoms with E-state index in [1.165, 1.54) is 32.1 Å². The number of hydrogen-bond acceptors (Lipinski definition) is 1. The molecule has 0 fully saturated rings. The first-order valence-electron chi connectivity index (χ1n) is 5.64. The molecule has 13 heavy (non-hydrogen) atoms. The van der Waals surface area contributed by atoms with Crippen molar-refractivity contribution >= 4 is 0 Å². The lowest BCUT2D eigenvalue weighted by molar-refractivity contribution is 0.128. The van der Waals surface area contributed by atoms with Crippen LogP contribution in [0.4, 0.5) is 0 Å². The number of rotatable bonds is 9. The van der Waals surface area contributed by atoms with Crippen molar-refractivity contribution in [1.82, 2.24) is 0 Å². The maximum Gasteiger partial charge on any atom is 0.0468 e. The Bertz CT molecular complexity index is 108. The maximum atomic E-state index is 5.48. The van der Waals surface area contributed by atoms with Crippen LogP contribution in [0.5, 0.6) is 0 Å². The SMILES string of the molecule is CC/C=C/CCCOCCCCC. The van der Waals surface area contributed by atoms with Crippen molar-refractivity contribution in [2.24, 2.45) is 0 Å². The summed E-state index contributed by atoms with van der Waals surface area (Å²) in [4.78, 5) is 0. The molecule has 0 rings (SSSR count). The van der Waals surface area contributed by atoms with Crippen LogP contribution in [0.25, 0.3) is 0 Å². The molecule has 0 amide bonds. The Morgan fingerprint density at radius 2 is 1.69 bits per heavy atom. The van der Waals surface area contributed by atoms with Crippen LogP contribution < -0.4 is 0 Å². The molecule has 78 valence electrons. The van der Waals surface area contributed by atoms with Crippen molar-refractivity contribution in [3.05, 3.63) is 12.2 Å². The van der Waals surface area contributed by atoms with E-state index in [0.29, 0.717) is 0 Å². The third-order valence-electron chi connectivity index (χ3n) is 1.95. The molecule has 0 aromatic rings. The highest BCUT2D eigenvalue weighted by Gasteiger charge is 1.87. The lowest BCUT2D eigenvalue weighted by Crippen LogP contribution is -1.96. The van der Waals surface area contributed by atoms with Crippen LogP contribution in [0.1, 0.15) is 52.4 Å². The first-order chi connectivity index (χ1) is 6.41. The van der Waals surface area contributed by atoms with Gasteiger partial charge in [-0.2, -0.15) is 0 Å². The molecular formula is C12H24O. The van der Waals surface area contributed by atoms with Crippen molar-refractivity contribution in [3.63, 3.8) is 0 Å². The second-order valence-corrected chi connectivity index (χ2v) is 3.34. The van der Waals surface area contributed by atoms with E-state index in [4.69, 9.17) is 4.74 Å². The van der Waals surface area contributed by atoms with Crippen molar-refractivity contribution in [2.45, 2.75) is 52.4 Å². The van der Waals surface area contributed by atoms with Crippen molar-refractivity contribution < 1.29 is 4.74 Å². The Kier molecular flexibility index (Phi) is 11.4. The van der Waals surface area contributed by atoms with Crippen LogP contribution in [-0.2, 0) is 4.74 Å². The molecule has 0 N–H and O–H groups in total. The second-order valence-electron chi connectivity index (χ2n) is 3.34. The Labute approximate surface area is 83.2 Å². The fourth-order valence-corrected chi connectivity index (χ4v) is 1.14. The number of hydrogen-bond donors (Lipinski definition) is 0. The van der Waals surface area contributed by atoms with Gasteiger partial charge in [-0.05, 0) is 25.7 Å². The lowest BCUT2D eigenvalue weighted by Gasteiger charge is -2.01. The fraction of sp³-hybridized carbons (Fsp3) is 0.833. The smallest absolute Gasteiger partial charge is 0.0468 e. The molecule has 1 heteroatoms. The summed E-state index contributed by atoms with van der Waals surface area (Å²) in [7, 11) is 0. The molecule has 0 radical (unpaired) electrons. The largest absolute Gasteiger partial charge is 0.381 e. The van der Waals surface area contributed by atoms with Gasteiger partial charge in [-0.3, -0.25) is 0 Å². The summed E-state index contributed by atoms with van der Waals surface area (Å²) in [6, 6.07) is 0. The Morgan fingerprint density at radius 3 is 2.38 bits per heavy atom. The molecule has 0 aromatic carbocycles. The van der Waals surface area contributed by atoms with E-state index in [-0.39, 0.29) is 0 Å². The molecule has 1 nitrogen and oxygen atoms in total. The van der Waals surface area contributed by atoms with E-state index in [2.05, 4.69) is 26.0 Å². The molecule has 0 heterocycles. The molecule has 0 aliphatic heterocycles. The zero-order valence-corrected chi connectivity index (χ0v) is 9.22. The van der Waals surface area contributed by atoms with Gasteiger partial charge in [0.1, 0.15) is 0 Å². The number of ether oxygens (including phenoxy) is 1. The molecule has 0 spiro atoms. The van der Waals surface area contributed by atoms with Crippen molar-refractivity contribution in [3.8, 4) is 0 Å². The Hall–Kier alpha value is -0.300. The highest BCUT2D eigenvalue weighted by atomic mass is 16.5. The van der Waals surface area contributed by atoms with Crippen molar-refractivity contribution in [1.29, 1.82) is 0 Å². The molecular weight excluding hydrogens is 160 g/mol. The first-order valence-corrected chi connectivity index (χ1v) is 5.64. The Morgan fingerprint density at radius 1 is 0.923 bits per heavy atom. The fourth-order valence-electron chi connectivity index (χ4n) is 1.14. The normalized spacial score (nSPS) is 11.2. The van der Waals surface area contributed by atoms with Gasteiger partial charge < -0.3 is 4.74 Å². The summed E-state index contributed by atoms with van der Waals surface area (Å²) in [5, 5.41) is 0. The first kappa shape index (κ1) is 12.7. The third-order valence-corrected chi connectivity index (χ3v) is 1.95. The molecule has 0 bridgehead atoms. The van der Waals surface area contributed by atoms with Crippen LogP contribution in [0.15, 0.2) is 12.2 Å². The monoisotopic (exact) mass is 184 g/mol. The van der Waals surface area contributed by atoms with Gasteiger partial charge in [0.2, 0.25) is 0 Å². The van der Waals surface area contributed by atoms with Gasteiger partial charge in [-0.15, -0.1) is 0 Å². The van der Waals surface area contributed by atoms with E-state index in [1.807, 2.05) is 0 Å². The Balaban J connectivity index is 2.87. The second kappa shape index (κ2) is 11.7. The van der Waals surface area contributed by atoms with Gasteiger partial charge in [0.25, 0.3) is 0 Å². The van der Waals surface area contributed by atoms with Gasteiger partial charge in [-0.1, -0.05) is 38.8 Å². The summed E-state index contributed by atoms with van der Waals surface area (Å²) in [6.45, 7) is 6.26. The third kappa shape index (κ3) is 11.7. The van der Waals surface area contributed by atoms with Crippen LogP contribution in [0, 0.1) is 0 Å². The highest BCUT2D eigenvalue weighted by molar-refractivity contribution is 4.79. The number of allylic oxidation sites excluding steroid dienone is 2. The van der Waals surface area contributed by atoms with E-state index in [0.717, 1.165) is 19.6 Å². The van der Waals surface area contributed by atoms with Crippen LogP contribution in [-0.4, -0.2) is 13.2 Å². The van der Waals surface area contributed by atoms with Crippen LogP contribution in [0.2, 0.25) is 0 Å². The van der Waals surface area contributed by atoms with E-state index < -0.39 is 0 Å². The zero-order chi connectivity index (χ0) is 9.78. The van der Waals surface area contributed by atoms with E-state index >= 15 is 0 Å². The molecule has 0 aromatic heterocycles. The van der Waals surface area contributed by atoms with Gasteiger partial charge >= 0.3 is 0 Å². The van der Waals surface area contributed by atoms with Crippen LogP contribution >= 0.6 is 0 Å². The van der Waals surface area contributed by atoms with Crippen molar-refractivity contribution in [2.75, 3.05) is 13.2 Å². The average Bonchev–Trinajstić information content (AvgIpc) is 2.16. The maximum absolute atomic E-state index is 5.48. The molecule has 0 saturated heterocycles. The molecule has 0 aliphatic rings. The van der Waals surface area contributed by atoms with Crippen LogP contribution in [0.3, 0.4) is 0 Å². The standard InChI is InChI=1S/C12H24O/c1-3-5-7-8-10-12-13-11-9-6-4-2/h5,7H,3-4,6,8-12H2,1-2H3/b7-5+. The minimum absolute atomic E-state index is 0.928. The van der Waals surface area contributed by atoms with Gasteiger partial charge in [0.05, 0.1) is 0 Å². The molecule has 0 aliphatic carbocycles. The van der Waals surface area contributed by atoms with E-state index in [1.54, 1.807) is 0 Å². The minimum Gasteiger partial charge on any atom is -0.381 e. The van der Waals surface area contributed by atoms with Gasteiger partial charge in [0, 0.05) is 13.2 Å². The average molecular weight is 184 g/mol. The summed E-state index contributed by atoms with van der Waals surface area (Å²) in [5.41, 5.74) is 0. The summed E-state index contributed by atoms with van der Waals surface area (Å²) >= 11 is 0. The highest BCUT2D eigenvalue weighted by Crippen LogP contribution is 1.97. The summed E-state index contributed by atoms with van der Waals surface area (Å²) < 4.78 is 5.48.